The van der Waals surface area contributed by atoms with E-state index in [4.69, 9.17) is 10.5 Å². The van der Waals surface area contributed by atoms with Crippen LogP contribution in [0.15, 0.2) is 0 Å². The Bertz CT molecular complexity index is 72.8. The number of hydrogen-bond acceptors (Lipinski definition) is 2. The normalized spacial score (nSPS) is 4.40. The van der Waals surface area contributed by atoms with E-state index in [-0.39, 0.29) is 8.58 Å². The lowest BCUT2D eigenvalue weighted by Gasteiger charge is -1.45. The summed E-state index contributed by atoms with van der Waals surface area (Å²) in [5.74, 6) is 3.37. The average molecular weight is 84.0 g/mol. The van der Waals surface area contributed by atoms with Crippen LogP contribution >= 0.6 is 8.58 Å². The highest BCUT2D eigenvalue weighted by molar-refractivity contribution is 7.49. The first-order valence-electron chi connectivity index (χ1n) is 0.947. The highest BCUT2D eigenvalue weighted by atomic mass is 31.1. The summed E-state index contributed by atoms with van der Waals surface area (Å²) in [6.45, 7) is 0. The van der Waals surface area contributed by atoms with Gasteiger partial charge >= 0.3 is 0 Å². The predicted molar refractivity (Wildman–Crippen MR) is 19.5 cm³/mol. The van der Waals surface area contributed by atoms with E-state index in [0.717, 1.165) is 0 Å². The molecular formula is C2HN2P. The van der Waals surface area contributed by atoms with Crippen LogP contribution in [0.2, 0.25) is 0 Å². The van der Waals surface area contributed by atoms with E-state index in [1.807, 2.05) is 0 Å². The quantitative estimate of drug-likeness (QED) is 0.404. The van der Waals surface area contributed by atoms with Gasteiger partial charge in [0.15, 0.2) is 0 Å². The van der Waals surface area contributed by atoms with Crippen molar-refractivity contribution in [3.8, 4) is 11.6 Å². The third-order valence-electron chi connectivity index (χ3n) is 0.112. The molecule has 0 fully saturated rings. The van der Waals surface area contributed by atoms with Gasteiger partial charge in [-0.15, -0.1) is 0 Å². The van der Waals surface area contributed by atoms with Crippen LogP contribution in [0.4, 0.5) is 0 Å². The minimum atomic E-state index is -0.191. The molecule has 0 heterocycles. The van der Waals surface area contributed by atoms with E-state index >= 15 is 0 Å². The van der Waals surface area contributed by atoms with Gasteiger partial charge in [-0.1, -0.05) is 0 Å². The first-order chi connectivity index (χ1) is 2.41. The molecule has 0 aliphatic carbocycles. The molecule has 0 atom stereocenters. The SMILES string of the molecule is N#CPC#N. The summed E-state index contributed by atoms with van der Waals surface area (Å²) in [5, 5.41) is 15.2. The van der Waals surface area contributed by atoms with Gasteiger partial charge < -0.3 is 0 Å². The van der Waals surface area contributed by atoms with Crippen molar-refractivity contribution in [2.75, 3.05) is 0 Å². The molecular weight excluding hydrogens is 83.0 g/mol. The van der Waals surface area contributed by atoms with Crippen LogP contribution in [0.25, 0.3) is 0 Å². The Morgan fingerprint density at radius 1 is 1.20 bits per heavy atom. The standard InChI is InChI=1S/C2HN2P/c3-1-5-2-4/h5H. The molecule has 0 aromatic heterocycles. The summed E-state index contributed by atoms with van der Waals surface area (Å²) in [6.07, 6.45) is 0. The second-order valence-electron chi connectivity index (χ2n) is 0.349. The first-order valence-corrected chi connectivity index (χ1v) is 1.95. The van der Waals surface area contributed by atoms with E-state index < -0.39 is 0 Å². The van der Waals surface area contributed by atoms with E-state index in [2.05, 4.69) is 0 Å². The number of hydrogen-bond donors (Lipinski definition) is 0. The molecule has 3 heteroatoms. The molecule has 0 spiro atoms. The molecule has 2 nitrogen and oxygen atoms in total. The van der Waals surface area contributed by atoms with Gasteiger partial charge in [0.1, 0.15) is 0 Å². The molecule has 0 aliphatic heterocycles. The molecule has 0 saturated carbocycles. The lowest BCUT2D eigenvalue weighted by molar-refractivity contribution is 1.56. The first kappa shape index (κ1) is 4.41. The van der Waals surface area contributed by atoms with Gasteiger partial charge in [0.2, 0.25) is 0 Å². The maximum Gasteiger partial charge on any atom is 0.0997 e. The average Bonchev–Trinajstić information content (AvgIpc) is 1.41. The fourth-order valence-corrected chi connectivity index (χ4v) is 0.0750. The second kappa shape index (κ2) is 3.41. The van der Waals surface area contributed by atoms with Crippen LogP contribution in [-0.4, -0.2) is 0 Å². The van der Waals surface area contributed by atoms with E-state index in [0.29, 0.717) is 0 Å². The van der Waals surface area contributed by atoms with Gasteiger partial charge in [-0.3, -0.25) is 0 Å². The number of nitrogens with zero attached hydrogens (tertiary/aromatic N) is 2. The Balaban J connectivity index is 2.86. The van der Waals surface area contributed by atoms with Crippen molar-refractivity contribution in [3.63, 3.8) is 0 Å². The summed E-state index contributed by atoms with van der Waals surface area (Å²) in [4.78, 5) is 0. The van der Waals surface area contributed by atoms with Crippen LogP contribution in [0.1, 0.15) is 0 Å². The number of nitriles is 2. The van der Waals surface area contributed by atoms with Gasteiger partial charge in [-0.25, -0.2) is 0 Å². The Hall–Kier alpha value is -0.590. The summed E-state index contributed by atoms with van der Waals surface area (Å²) in [7, 11) is -0.191. The summed E-state index contributed by atoms with van der Waals surface area (Å²) in [5.41, 5.74) is 0. The Morgan fingerprint density at radius 3 is 1.60 bits per heavy atom. The third kappa shape index (κ3) is 3.41. The topological polar surface area (TPSA) is 47.6 Å². The van der Waals surface area contributed by atoms with E-state index in [9.17, 15) is 0 Å². The van der Waals surface area contributed by atoms with Crippen molar-refractivity contribution in [2.45, 2.75) is 0 Å². The zero-order valence-corrected chi connectivity index (χ0v) is 3.39. The van der Waals surface area contributed by atoms with Crippen molar-refractivity contribution in [1.29, 1.82) is 10.5 Å². The van der Waals surface area contributed by atoms with Crippen molar-refractivity contribution in [3.05, 3.63) is 0 Å². The Kier molecular flexibility index (Phi) is 3.01. The number of rotatable bonds is 0. The fourth-order valence-electron chi connectivity index (χ4n) is 0.0250. The minimum absolute atomic E-state index is 0.191. The molecule has 24 valence electrons. The fraction of sp³-hybridized carbons (Fsp3) is 0. The second-order valence-corrected chi connectivity index (χ2v) is 1.05. The van der Waals surface area contributed by atoms with Crippen molar-refractivity contribution in [2.24, 2.45) is 0 Å². The van der Waals surface area contributed by atoms with Crippen LogP contribution in [0.3, 0.4) is 0 Å². The smallest absolute Gasteiger partial charge is 0.0997 e. The minimum Gasteiger partial charge on any atom is -0.193 e. The van der Waals surface area contributed by atoms with Crippen LogP contribution in [-0.2, 0) is 0 Å². The predicted octanol–water partition coefficient (Wildman–Crippen LogP) is 0.627. The summed E-state index contributed by atoms with van der Waals surface area (Å²) < 4.78 is 0. The molecule has 0 saturated heterocycles. The van der Waals surface area contributed by atoms with Gasteiger partial charge in [0, 0.05) is 0 Å². The van der Waals surface area contributed by atoms with Crippen LogP contribution in [0.5, 0.6) is 0 Å². The van der Waals surface area contributed by atoms with Crippen molar-refractivity contribution >= 4 is 8.58 Å². The molecule has 5 heavy (non-hydrogen) atoms. The summed E-state index contributed by atoms with van der Waals surface area (Å²) >= 11 is 0. The monoisotopic (exact) mass is 84.0 g/mol. The van der Waals surface area contributed by atoms with Gasteiger partial charge in [-0.2, -0.15) is 10.5 Å². The van der Waals surface area contributed by atoms with Crippen molar-refractivity contribution < 1.29 is 0 Å². The van der Waals surface area contributed by atoms with E-state index in [1.54, 1.807) is 11.6 Å². The molecule has 0 rings (SSSR count). The molecule has 0 bridgehead atoms. The maximum atomic E-state index is 7.61. The van der Waals surface area contributed by atoms with Gasteiger partial charge in [0.25, 0.3) is 0 Å². The van der Waals surface area contributed by atoms with Crippen LogP contribution in [0, 0.1) is 22.1 Å². The Labute approximate surface area is 31.8 Å². The molecule has 0 amide bonds. The zero-order valence-electron chi connectivity index (χ0n) is 2.39. The summed E-state index contributed by atoms with van der Waals surface area (Å²) in [6, 6.07) is 0. The third-order valence-corrected chi connectivity index (χ3v) is 0.335. The Morgan fingerprint density at radius 2 is 1.60 bits per heavy atom. The molecule has 0 radical (unpaired) electrons. The lowest BCUT2D eigenvalue weighted by Crippen LogP contribution is -1.22. The zero-order chi connectivity index (χ0) is 4.12. The van der Waals surface area contributed by atoms with E-state index in [1.165, 1.54) is 0 Å². The molecule has 0 N–H and O–H groups in total. The molecule has 0 unspecified atom stereocenters. The largest absolute Gasteiger partial charge is 0.193 e. The lowest BCUT2D eigenvalue weighted by atomic mass is 11.8. The molecule has 0 aromatic rings. The van der Waals surface area contributed by atoms with Gasteiger partial charge in [-0.05, 0) is 0 Å². The molecule has 0 aromatic carbocycles. The highest BCUT2D eigenvalue weighted by Gasteiger charge is 1.61. The van der Waals surface area contributed by atoms with Crippen molar-refractivity contribution in [1.82, 2.24) is 0 Å². The highest BCUT2D eigenvalue weighted by Crippen LogP contribution is 1.97. The van der Waals surface area contributed by atoms with Crippen LogP contribution < -0.4 is 0 Å². The van der Waals surface area contributed by atoms with Gasteiger partial charge in [0.05, 0.1) is 20.2 Å². The molecule has 0 aliphatic rings. The maximum absolute atomic E-state index is 7.61.